The topological polar surface area (TPSA) is 70.6 Å². The predicted octanol–water partition coefficient (Wildman–Crippen LogP) is 5.02. The van der Waals surface area contributed by atoms with E-state index in [0.29, 0.717) is 5.69 Å². The zero-order valence-corrected chi connectivity index (χ0v) is 11.9. The smallest absolute Gasteiger partial charge is 0.308 e. The lowest BCUT2D eigenvalue weighted by Gasteiger charge is -2.10. The number of fused-ring (bicyclic) bond motifs is 1. The minimum absolute atomic E-state index is 0.229. The van der Waals surface area contributed by atoms with E-state index in [-0.39, 0.29) is 11.4 Å². The van der Waals surface area contributed by atoms with Crippen LogP contribution >= 0.6 is 0 Å². The van der Waals surface area contributed by atoms with Crippen molar-refractivity contribution in [3.05, 3.63) is 71.4 Å². The lowest BCUT2D eigenvalue weighted by atomic mass is 10.1. The van der Waals surface area contributed by atoms with Gasteiger partial charge in [-0.3, -0.25) is 0 Å². The van der Waals surface area contributed by atoms with Gasteiger partial charge < -0.3 is 10.6 Å². The van der Waals surface area contributed by atoms with Crippen LogP contribution in [-0.4, -0.2) is 6.03 Å². The van der Waals surface area contributed by atoms with Crippen molar-refractivity contribution < 1.29 is 9.18 Å². The Morgan fingerprint density at radius 3 is 2.52 bits per heavy atom. The molecule has 0 bridgehead atoms. The highest BCUT2D eigenvalue weighted by molar-refractivity contribution is 6.06. The van der Waals surface area contributed by atoms with Crippen LogP contribution in [0.1, 0.15) is 0 Å². The Morgan fingerprint density at radius 2 is 1.74 bits per heavy atom. The molecule has 0 heterocycles. The fraction of sp³-hybridized carbons (Fsp3) is 0. The van der Waals surface area contributed by atoms with Crippen LogP contribution in [0.15, 0.2) is 65.8 Å². The SMILES string of the molecule is O=Nc1ccc(NC(=O)Nc2cccc3ccccc23)cc1F. The summed E-state index contributed by atoms with van der Waals surface area (Å²) in [6, 6.07) is 16.3. The Hall–Kier alpha value is -3.28. The molecule has 0 atom stereocenters. The van der Waals surface area contributed by atoms with Crippen LogP contribution in [0, 0.1) is 10.7 Å². The first-order valence-corrected chi connectivity index (χ1v) is 6.86. The van der Waals surface area contributed by atoms with Gasteiger partial charge in [0.15, 0.2) is 5.82 Å². The molecule has 2 amide bonds. The van der Waals surface area contributed by atoms with E-state index in [2.05, 4.69) is 15.8 Å². The standard InChI is InChI=1S/C17H12FN3O2/c18-14-10-12(8-9-16(14)21-23)19-17(22)20-15-7-3-5-11-4-1-2-6-13(11)15/h1-10H,(H2,19,20,22). The number of amides is 2. The minimum Gasteiger partial charge on any atom is -0.308 e. The average Bonchev–Trinajstić information content (AvgIpc) is 2.55. The van der Waals surface area contributed by atoms with Crippen LogP contribution in [0.25, 0.3) is 10.8 Å². The quantitative estimate of drug-likeness (QED) is 0.667. The molecule has 0 aliphatic carbocycles. The van der Waals surface area contributed by atoms with E-state index in [1.807, 2.05) is 36.4 Å². The molecule has 0 aromatic heterocycles. The van der Waals surface area contributed by atoms with Gasteiger partial charge in [-0.15, -0.1) is 4.91 Å². The Labute approximate surface area is 131 Å². The number of rotatable bonds is 3. The molecule has 3 aromatic rings. The van der Waals surface area contributed by atoms with Crippen molar-refractivity contribution in [3.8, 4) is 0 Å². The normalized spacial score (nSPS) is 10.3. The number of anilines is 2. The number of halogens is 1. The molecule has 0 spiro atoms. The lowest BCUT2D eigenvalue weighted by Crippen LogP contribution is -2.19. The molecule has 0 aliphatic heterocycles. The van der Waals surface area contributed by atoms with Gasteiger partial charge in [-0.2, -0.15) is 0 Å². The van der Waals surface area contributed by atoms with E-state index >= 15 is 0 Å². The summed E-state index contributed by atoms with van der Waals surface area (Å²) in [5.41, 5.74) is 0.574. The van der Waals surface area contributed by atoms with Crippen molar-refractivity contribution in [2.24, 2.45) is 5.18 Å². The minimum atomic E-state index is -0.789. The predicted molar refractivity (Wildman–Crippen MR) is 88.4 cm³/mol. The Kier molecular flexibility index (Phi) is 3.97. The first kappa shape index (κ1) is 14.6. The number of carbonyl (C=O) groups is 1. The second-order valence-corrected chi connectivity index (χ2v) is 4.86. The number of carbonyl (C=O) groups excluding carboxylic acids is 1. The van der Waals surface area contributed by atoms with Crippen LogP contribution in [-0.2, 0) is 0 Å². The van der Waals surface area contributed by atoms with E-state index in [0.717, 1.165) is 16.8 Å². The molecular weight excluding hydrogens is 297 g/mol. The molecule has 3 aromatic carbocycles. The fourth-order valence-corrected chi connectivity index (χ4v) is 2.28. The Balaban J connectivity index is 1.79. The molecule has 23 heavy (non-hydrogen) atoms. The Morgan fingerprint density at radius 1 is 0.957 bits per heavy atom. The summed E-state index contributed by atoms with van der Waals surface area (Å²) in [6.45, 7) is 0. The molecular formula is C17H12FN3O2. The van der Waals surface area contributed by atoms with Crippen molar-refractivity contribution in [3.63, 3.8) is 0 Å². The zero-order chi connectivity index (χ0) is 16.2. The third-order valence-electron chi connectivity index (χ3n) is 3.34. The highest BCUT2D eigenvalue weighted by atomic mass is 19.1. The highest BCUT2D eigenvalue weighted by Gasteiger charge is 2.08. The van der Waals surface area contributed by atoms with E-state index in [9.17, 15) is 14.1 Å². The molecule has 0 radical (unpaired) electrons. The first-order chi connectivity index (χ1) is 11.2. The van der Waals surface area contributed by atoms with Gasteiger partial charge in [0.25, 0.3) is 0 Å². The second-order valence-electron chi connectivity index (χ2n) is 4.86. The number of nitrogens with one attached hydrogen (secondary N) is 2. The second kappa shape index (κ2) is 6.23. The summed E-state index contributed by atoms with van der Waals surface area (Å²) in [5.74, 6) is -0.789. The molecule has 6 heteroatoms. The van der Waals surface area contributed by atoms with Gasteiger partial charge in [-0.1, -0.05) is 36.4 Å². The number of hydrogen-bond acceptors (Lipinski definition) is 3. The van der Waals surface area contributed by atoms with E-state index < -0.39 is 11.8 Å². The molecule has 0 saturated heterocycles. The molecule has 0 unspecified atom stereocenters. The number of nitroso groups, excluding NO2 is 1. The van der Waals surface area contributed by atoms with Crippen molar-refractivity contribution in [1.82, 2.24) is 0 Å². The number of benzene rings is 3. The van der Waals surface area contributed by atoms with Crippen LogP contribution in [0.4, 0.5) is 26.2 Å². The zero-order valence-electron chi connectivity index (χ0n) is 11.9. The highest BCUT2D eigenvalue weighted by Crippen LogP contribution is 2.24. The van der Waals surface area contributed by atoms with Crippen molar-refractivity contribution in [1.29, 1.82) is 0 Å². The number of nitrogens with zero attached hydrogens (tertiary/aromatic N) is 1. The summed E-state index contributed by atoms with van der Waals surface area (Å²) >= 11 is 0. The van der Waals surface area contributed by atoms with Crippen molar-refractivity contribution in [2.45, 2.75) is 0 Å². The summed E-state index contributed by atoms with van der Waals surface area (Å²) in [5, 5.41) is 9.67. The van der Waals surface area contributed by atoms with Gasteiger partial charge >= 0.3 is 6.03 Å². The third kappa shape index (κ3) is 3.16. The summed E-state index contributed by atoms with van der Waals surface area (Å²) in [4.78, 5) is 22.4. The maximum absolute atomic E-state index is 13.5. The Bertz CT molecular complexity index is 891. The molecule has 5 nitrogen and oxygen atoms in total. The van der Waals surface area contributed by atoms with Gasteiger partial charge in [0.1, 0.15) is 5.69 Å². The van der Waals surface area contributed by atoms with Gasteiger partial charge in [-0.05, 0) is 34.8 Å². The van der Waals surface area contributed by atoms with Crippen molar-refractivity contribution in [2.75, 3.05) is 10.6 Å². The number of hydrogen-bond donors (Lipinski definition) is 2. The van der Waals surface area contributed by atoms with E-state index in [4.69, 9.17) is 0 Å². The van der Waals surface area contributed by atoms with Crippen LogP contribution in [0.3, 0.4) is 0 Å². The third-order valence-corrected chi connectivity index (χ3v) is 3.34. The van der Waals surface area contributed by atoms with Crippen molar-refractivity contribution >= 4 is 33.9 Å². The summed E-state index contributed by atoms with van der Waals surface area (Å²) in [7, 11) is 0. The maximum atomic E-state index is 13.5. The maximum Gasteiger partial charge on any atom is 0.323 e. The average molecular weight is 309 g/mol. The molecule has 114 valence electrons. The van der Waals surface area contributed by atoms with E-state index in [1.165, 1.54) is 12.1 Å². The van der Waals surface area contributed by atoms with Crippen LogP contribution < -0.4 is 10.6 Å². The largest absolute Gasteiger partial charge is 0.323 e. The molecule has 3 rings (SSSR count). The molecule has 0 fully saturated rings. The van der Waals surface area contributed by atoms with Gasteiger partial charge in [-0.25, -0.2) is 9.18 Å². The van der Waals surface area contributed by atoms with Crippen LogP contribution in [0.5, 0.6) is 0 Å². The van der Waals surface area contributed by atoms with E-state index in [1.54, 1.807) is 6.07 Å². The lowest BCUT2D eigenvalue weighted by molar-refractivity contribution is 0.262. The molecule has 2 N–H and O–H groups in total. The van der Waals surface area contributed by atoms with Gasteiger partial charge in [0.2, 0.25) is 0 Å². The van der Waals surface area contributed by atoms with Gasteiger partial charge in [0, 0.05) is 11.1 Å². The van der Waals surface area contributed by atoms with Crippen LogP contribution in [0.2, 0.25) is 0 Å². The number of urea groups is 1. The first-order valence-electron chi connectivity index (χ1n) is 6.86. The fourth-order valence-electron chi connectivity index (χ4n) is 2.28. The summed E-state index contributed by atoms with van der Waals surface area (Å²) < 4.78 is 13.5. The summed E-state index contributed by atoms with van der Waals surface area (Å²) in [6.07, 6.45) is 0. The van der Waals surface area contributed by atoms with Gasteiger partial charge in [0.05, 0.1) is 5.69 Å². The molecule has 0 aliphatic rings. The monoisotopic (exact) mass is 309 g/mol. The molecule has 0 saturated carbocycles.